The van der Waals surface area contributed by atoms with Crippen molar-refractivity contribution in [3.8, 4) is 17.2 Å². The summed E-state index contributed by atoms with van der Waals surface area (Å²) < 4.78 is 37.6. The summed E-state index contributed by atoms with van der Waals surface area (Å²) in [5.74, 6) is 0.284. The fourth-order valence-electron chi connectivity index (χ4n) is 3.00. The molecule has 0 fully saturated rings. The van der Waals surface area contributed by atoms with Gasteiger partial charge >= 0.3 is 0 Å². The molecule has 0 aliphatic carbocycles. The number of hydrogen-bond acceptors (Lipinski definition) is 6. The molecule has 2 aromatic carbocycles. The number of nitrogens with zero attached hydrogens (tertiary/aromatic N) is 2. The quantitative estimate of drug-likeness (QED) is 0.506. The van der Waals surface area contributed by atoms with Crippen molar-refractivity contribution in [1.29, 1.82) is 0 Å². The topological polar surface area (TPSA) is 71.3 Å². The Morgan fingerprint density at radius 1 is 1.10 bits per heavy atom. The van der Waals surface area contributed by atoms with Crippen LogP contribution in [0.4, 0.5) is 4.39 Å². The first-order chi connectivity index (χ1) is 14.5. The Bertz CT molecular complexity index is 1100. The molecule has 1 aromatic heterocycles. The Morgan fingerprint density at radius 2 is 1.80 bits per heavy atom. The van der Waals surface area contributed by atoms with Gasteiger partial charge in [-0.15, -0.1) is 0 Å². The van der Waals surface area contributed by atoms with Crippen LogP contribution in [0.1, 0.15) is 17.3 Å². The highest BCUT2D eigenvalue weighted by atomic mass is 32.1. The number of carbonyl (C=O) groups excluding carboxylic acids is 1. The predicted octanol–water partition coefficient (Wildman–Crippen LogP) is 3.65. The molecule has 3 rings (SSSR count). The summed E-state index contributed by atoms with van der Waals surface area (Å²) >= 11 is 1.24. The van der Waals surface area contributed by atoms with Gasteiger partial charge in [0.05, 0.1) is 38.2 Å². The molecule has 0 spiro atoms. The Labute approximate surface area is 177 Å². The smallest absolute Gasteiger partial charge is 0.279 e. The number of carbonyl (C=O) groups is 1. The summed E-state index contributed by atoms with van der Waals surface area (Å²) in [4.78, 5) is 17.7. The summed E-state index contributed by atoms with van der Waals surface area (Å²) in [6.45, 7) is 3.42. The van der Waals surface area contributed by atoms with E-state index in [0.717, 1.165) is 5.52 Å². The zero-order valence-electron chi connectivity index (χ0n) is 17.2. The lowest BCUT2D eigenvalue weighted by Crippen LogP contribution is -2.19. The number of aromatic nitrogens is 1. The molecular formula is C21H23FN2O5S. The largest absolute Gasteiger partial charge is 0.493 e. The average Bonchev–Trinajstić information content (AvgIpc) is 3.08. The SMILES string of the molecule is CCOCCn1c(=NC(=O)c2cc(OC)c(OC)c(OC)c2)sc2cc(F)ccc21. The van der Waals surface area contributed by atoms with Crippen molar-refractivity contribution in [2.45, 2.75) is 13.5 Å². The van der Waals surface area contributed by atoms with E-state index in [-0.39, 0.29) is 11.4 Å². The van der Waals surface area contributed by atoms with Crippen LogP contribution in [0.5, 0.6) is 17.2 Å². The van der Waals surface area contributed by atoms with E-state index in [1.165, 1.54) is 44.8 Å². The fraction of sp³-hybridized carbons (Fsp3) is 0.333. The third-order valence-electron chi connectivity index (χ3n) is 4.42. The first kappa shape index (κ1) is 21.8. The molecule has 0 saturated heterocycles. The molecule has 0 radical (unpaired) electrons. The van der Waals surface area contributed by atoms with Crippen molar-refractivity contribution in [1.82, 2.24) is 4.57 Å². The van der Waals surface area contributed by atoms with Gasteiger partial charge < -0.3 is 23.5 Å². The van der Waals surface area contributed by atoms with Gasteiger partial charge in [0.25, 0.3) is 5.91 Å². The number of amides is 1. The molecule has 0 bridgehead atoms. The lowest BCUT2D eigenvalue weighted by molar-refractivity contribution is 0.0996. The average molecular weight is 434 g/mol. The molecule has 9 heteroatoms. The van der Waals surface area contributed by atoms with E-state index >= 15 is 0 Å². The molecule has 0 unspecified atom stereocenters. The molecule has 1 amide bonds. The Hall–Kier alpha value is -2.91. The minimum absolute atomic E-state index is 0.282. The molecule has 3 aromatic rings. The number of benzene rings is 2. The third-order valence-corrected chi connectivity index (χ3v) is 5.46. The van der Waals surface area contributed by atoms with E-state index in [0.29, 0.717) is 46.5 Å². The van der Waals surface area contributed by atoms with Crippen LogP contribution in [0.15, 0.2) is 35.3 Å². The van der Waals surface area contributed by atoms with Crippen molar-refractivity contribution in [2.75, 3.05) is 34.5 Å². The number of fused-ring (bicyclic) bond motifs is 1. The Balaban J connectivity index is 2.09. The first-order valence-corrected chi connectivity index (χ1v) is 10.1. The maximum absolute atomic E-state index is 13.7. The van der Waals surface area contributed by atoms with Crippen molar-refractivity contribution in [2.24, 2.45) is 4.99 Å². The zero-order chi connectivity index (χ0) is 21.7. The van der Waals surface area contributed by atoms with Gasteiger partial charge in [-0.1, -0.05) is 11.3 Å². The van der Waals surface area contributed by atoms with Gasteiger partial charge in [0.1, 0.15) is 5.82 Å². The van der Waals surface area contributed by atoms with Crippen LogP contribution >= 0.6 is 11.3 Å². The van der Waals surface area contributed by atoms with Crippen molar-refractivity contribution < 1.29 is 28.1 Å². The zero-order valence-corrected chi connectivity index (χ0v) is 18.0. The van der Waals surface area contributed by atoms with Crippen LogP contribution in [0, 0.1) is 5.82 Å². The van der Waals surface area contributed by atoms with Gasteiger partial charge in [0.15, 0.2) is 16.3 Å². The molecule has 0 aliphatic rings. The standard InChI is InChI=1S/C21H23FN2O5S/c1-5-29-9-8-24-15-7-6-14(22)12-18(15)30-21(24)23-20(25)13-10-16(26-2)19(28-4)17(11-13)27-3/h6-7,10-12H,5,8-9H2,1-4H3. The van der Waals surface area contributed by atoms with Gasteiger partial charge in [0.2, 0.25) is 5.75 Å². The maximum Gasteiger partial charge on any atom is 0.279 e. The van der Waals surface area contributed by atoms with E-state index in [4.69, 9.17) is 18.9 Å². The lowest BCUT2D eigenvalue weighted by Gasteiger charge is -2.12. The van der Waals surface area contributed by atoms with Crippen LogP contribution in [0.25, 0.3) is 10.2 Å². The van der Waals surface area contributed by atoms with Crippen LogP contribution < -0.4 is 19.0 Å². The highest BCUT2D eigenvalue weighted by molar-refractivity contribution is 7.16. The molecule has 7 nitrogen and oxygen atoms in total. The van der Waals surface area contributed by atoms with Crippen LogP contribution in [0.2, 0.25) is 0 Å². The summed E-state index contributed by atoms with van der Waals surface area (Å²) in [6.07, 6.45) is 0. The third kappa shape index (κ3) is 4.47. The molecule has 0 N–H and O–H groups in total. The number of halogens is 1. The van der Waals surface area contributed by atoms with Gasteiger partial charge in [-0.3, -0.25) is 4.79 Å². The number of methoxy groups -OCH3 is 3. The minimum atomic E-state index is -0.480. The summed E-state index contributed by atoms with van der Waals surface area (Å²) in [7, 11) is 4.44. The monoisotopic (exact) mass is 434 g/mol. The number of hydrogen-bond donors (Lipinski definition) is 0. The van der Waals surface area contributed by atoms with Gasteiger partial charge in [-0.2, -0.15) is 4.99 Å². The van der Waals surface area contributed by atoms with E-state index < -0.39 is 5.91 Å². The summed E-state index contributed by atoms with van der Waals surface area (Å²) in [6, 6.07) is 7.59. The second-order valence-electron chi connectivity index (χ2n) is 6.18. The van der Waals surface area contributed by atoms with E-state index in [1.807, 2.05) is 11.5 Å². The molecular weight excluding hydrogens is 411 g/mol. The molecule has 30 heavy (non-hydrogen) atoms. The number of thiazole rings is 1. The molecule has 0 atom stereocenters. The van der Waals surface area contributed by atoms with Crippen LogP contribution in [-0.4, -0.2) is 45.0 Å². The fourth-order valence-corrected chi connectivity index (χ4v) is 4.08. The van der Waals surface area contributed by atoms with Gasteiger partial charge in [0, 0.05) is 18.7 Å². The number of rotatable bonds is 8. The predicted molar refractivity (Wildman–Crippen MR) is 112 cm³/mol. The van der Waals surface area contributed by atoms with Crippen LogP contribution in [-0.2, 0) is 11.3 Å². The molecule has 160 valence electrons. The maximum atomic E-state index is 13.7. The van der Waals surface area contributed by atoms with E-state index in [9.17, 15) is 9.18 Å². The van der Waals surface area contributed by atoms with Gasteiger partial charge in [-0.25, -0.2) is 4.39 Å². The van der Waals surface area contributed by atoms with E-state index in [2.05, 4.69) is 4.99 Å². The second-order valence-corrected chi connectivity index (χ2v) is 7.19. The highest BCUT2D eigenvalue weighted by Gasteiger charge is 2.17. The van der Waals surface area contributed by atoms with Crippen molar-refractivity contribution >= 4 is 27.5 Å². The van der Waals surface area contributed by atoms with Crippen molar-refractivity contribution in [3.63, 3.8) is 0 Å². The molecule has 0 saturated carbocycles. The summed E-state index contributed by atoms with van der Waals surface area (Å²) in [5, 5.41) is 0. The van der Waals surface area contributed by atoms with E-state index in [1.54, 1.807) is 18.2 Å². The molecule has 1 heterocycles. The van der Waals surface area contributed by atoms with Crippen LogP contribution in [0.3, 0.4) is 0 Å². The summed E-state index contributed by atoms with van der Waals surface area (Å²) in [5.41, 5.74) is 1.07. The second kappa shape index (κ2) is 9.73. The van der Waals surface area contributed by atoms with Gasteiger partial charge in [-0.05, 0) is 37.3 Å². The number of ether oxygens (including phenoxy) is 4. The molecule has 0 aliphatic heterocycles. The normalized spacial score (nSPS) is 11.7. The Morgan fingerprint density at radius 3 is 2.40 bits per heavy atom. The minimum Gasteiger partial charge on any atom is -0.493 e. The first-order valence-electron chi connectivity index (χ1n) is 9.28. The Kier molecular flexibility index (Phi) is 7.07. The highest BCUT2D eigenvalue weighted by Crippen LogP contribution is 2.38. The van der Waals surface area contributed by atoms with Crippen molar-refractivity contribution in [3.05, 3.63) is 46.5 Å². The lowest BCUT2D eigenvalue weighted by atomic mass is 10.1.